The molecule has 0 fully saturated rings. The van der Waals surface area contributed by atoms with E-state index in [1.807, 2.05) is 27.7 Å². The van der Waals surface area contributed by atoms with Crippen LogP contribution in [0.15, 0.2) is 12.2 Å². The van der Waals surface area contributed by atoms with Crippen LogP contribution in [-0.4, -0.2) is 24.2 Å². The topological polar surface area (TPSA) is 38.3 Å². The van der Waals surface area contributed by atoms with Crippen LogP contribution in [0.5, 0.6) is 0 Å². The summed E-state index contributed by atoms with van der Waals surface area (Å²) in [6.07, 6.45) is 7.95. The van der Waals surface area contributed by atoms with E-state index in [4.69, 9.17) is 4.74 Å². The van der Waals surface area contributed by atoms with Crippen molar-refractivity contribution in [2.45, 2.75) is 58.6 Å². The maximum atomic E-state index is 11.7. The Kier molecular flexibility index (Phi) is 5.19. The summed E-state index contributed by atoms with van der Waals surface area (Å²) in [7, 11) is 0. The molecular weight excluding hydrogens is 214 g/mol. The van der Waals surface area contributed by atoms with Gasteiger partial charge >= 0.3 is 5.97 Å². The molecule has 1 N–H and O–H groups in total. The molecule has 0 aromatic carbocycles. The summed E-state index contributed by atoms with van der Waals surface area (Å²) < 4.78 is 5.32. The number of carbonyl (C=O) groups excluding carboxylic acids is 1. The van der Waals surface area contributed by atoms with Crippen molar-refractivity contribution in [1.29, 1.82) is 0 Å². The van der Waals surface area contributed by atoms with E-state index in [-0.39, 0.29) is 12.0 Å². The van der Waals surface area contributed by atoms with Crippen LogP contribution in [0.2, 0.25) is 0 Å². The normalized spacial score (nSPS) is 22.2. The van der Waals surface area contributed by atoms with Gasteiger partial charge in [-0.1, -0.05) is 12.2 Å². The molecule has 0 amide bonds. The zero-order valence-electron chi connectivity index (χ0n) is 11.5. The highest BCUT2D eigenvalue weighted by Crippen LogP contribution is 2.17. The van der Waals surface area contributed by atoms with Crippen molar-refractivity contribution < 1.29 is 9.53 Å². The zero-order valence-corrected chi connectivity index (χ0v) is 11.5. The largest absolute Gasteiger partial charge is 0.459 e. The monoisotopic (exact) mass is 239 g/mol. The van der Waals surface area contributed by atoms with E-state index in [9.17, 15) is 4.79 Å². The van der Waals surface area contributed by atoms with Gasteiger partial charge in [-0.05, 0) is 59.4 Å². The number of ether oxygens (including phenoxy) is 1. The Morgan fingerprint density at radius 1 is 1.47 bits per heavy atom. The first kappa shape index (κ1) is 14.2. The minimum absolute atomic E-state index is 0.163. The van der Waals surface area contributed by atoms with Gasteiger partial charge in [0, 0.05) is 0 Å². The van der Waals surface area contributed by atoms with Crippen LogP contribution in [0, 0.1) is 5.92 Å². The lowest BCUT2D eigenvalue weighted by Gasteiger charge is -2.24. The van der Waals surface area contributed by atoms with Crippen LogP contribution < -0.4 is 5.32 Å². The lowest BCUT2D eigenvalue weighted by atomic mass is 9.94. The number of hydrogen-bond acceptors (Lipinski definition) is 3. The van der Waals surface area contributed by atoms with Crippen molar-refractivity contribution in [3.05, 3.63) is 12.2 Å². The van der Waals surface area contributed by atoms with Crippen LogP contribution in [0.25, 0.3) is 0 Å². The van der Waals surface area contributed by atoms with Gasteiger partial charge in [0.1, 0.15) is 11.6 Å². The molecule has 0 saturated heterocycles. The number of esters is 1. The van der Waals surface area contributed by atoms with Crippen LogP contribution >= 0.6 is 0 Å². The van der Waals surface area contributed by atoms with E-state index < -0.39 is 5.60 Å². The Hall–Kier alpha value is -0.830. The fraction of sp³-hybridized carbons (Fsp3) is 0.786. The predicted molar refractivity (Wildman–Crippen MR) is 69.8 cm³/mol. The fourth-order valence-electron chi connectivity index (χ4n) is 1.86. The van der Waals surface area contributed by atoms with Crippen molar-refractivity contribution in [2.24, 2.45) is 5.92 Å². The molecule has 1 rings (SSSR count). The Morgan fingerprint density at radius 3 is 2.71 bits per heavy atom. The maximum Gasteiger partial charge on any atom is 0.323 e. The first-order valence-electron chi connectivity index (χ1n) is 6.50. The molecule has 0 saturated carbocycles. The summed E-state index contributed by atoms with van der Waals surface area (Å²) in [4.78, 5) is 11.7. The highest BCUT2D eigenvalue weighted by molar-refractivity contribution is 5.75. The minimum Gasteiger partial charge on any atom is -0.459 e. The number of allylic oxidation sites excluding steroid dienone is 2. The third kappa shape index (κ3) is 5.87. The molecule has 0 heterocycles. The Morgan fingerprint density at radius 2 is 2.18 bits per heavy atom. The number of nitrogens with one attached hydrogen (secondary N) is 1. The van der Waals surface area contributed by atoms with Crippen molar-refractivity contribution in [3.63, 3.8) is 0 Å². The molecule has 2 unspecified atom stereocenters. The first-order valence-corrected chi connectivity index (χ1v) is 6.50. The fourth-order valence-corrected chi connectivity index (χ4v) is 1.86. The standard InChI is InChI=1S/C14H25NO2/c1-11(13(16)17-14(2,3)4)15-10-12-8-6-5-7-9-12/h5-6,11-12,15H,7-10H2,1-4H3. The van der Waals surface area contributed by atoms with E-state index in [2.05, 4.69) is 17.5 Å². The Balaban J connectivity index is 2.26. The molecule has 0 aromatic rings. The van der Waals surface area contributed by atoms with Gasteiger partial charge in [0.2, 0.25) is 0 Å². The quantitative estimate of drug-likeness (QED) is 0.605. The Labute approximate surface area is 105 Å². The minimum atomic E-state index is -0.402. The molecule has 98 valence electrons. The molecule has 1 aliphatic carbocycles. The van der Waals surface area contributed by atoms with Gasteiger partial charge in [0.25, 0.3) is 0 Å². The summed E-state index contributed by atoms with van der Waals surface area (Å²) in [5.41, 5.74) is -0.402. The van der Waals surface area contributed by atoms with Crippen LogP contribution in [0.3, 0.4) is 0 Å². The van der Waals surface area contributed by atoms with Crippen molar-refractivity contribution in [3.8, 4) is 0 Å². The van der Waals surface area contributed by atoms with E-state index in [1.54, 1.807) is 0 Å². The summed E-state index contributed by atoms with van der Waals surface area (Å²) in [6.45, 7) is 8.44. The molecule has 2 atom stereocenters. The van der Waals surface area contributed by atoms with Gasteiger partial charge in [0.15, 0.2) is 0 Å². The number of carbonyl (C=O) groups is 1. The maximum absolute atomic E-state index is 11.7. The second kappa shape index (κ2) is 6.20. The third-order valence-electron chi connectivity index (χ3n) is 2.85. The first-order chi connectivity index (χ1) is 7.88. The molecule has 17 heavy (non-hydrogen) atoms. The van der Waals surface area contributed by atoms with E-state index in [1.165, 1.54) is 6.42 Å². The summed E-state index contributed by atoms with van der Waals surface area (Å²) in [6, 6.07) is -0.222. The lowest BCUT2D eigenvalue weighted by Crippen LogP contribution is -2.41. The van der Waals surface area contributed by atoms with Gasteiger partial charge in [-0.2, -0.15) is 0 Å². The van der Waals surface area contributed by atoms with E-state index in [0.717, 1.165) is 19.4 Å². The van der Waals surface area contributed by atoms with Crippen LogP contribution in [0.4, 0.5) is 0 Å². The predicted octanol–water partition coefficient (Wildman–Crippen LogP) is 2.66. The SMILES string of the molecule is CC(NCC1CC=CCC1)C(=O)OC(C)(C)C. The van der Waals surface area contributed by atoms with Crippen molar-refractivity contribution >= 4 is 5.97 Å². The van der Waals surface area contributed by atoms with Gasteiger partial charge in [0.05, 0.1) is 0 Å². The van der Waals surface area contributed by atoms with E-state index in [0.29, 0.717) is 5.92 Å². The average Bonchev–Trinajstić information content (AvgIpc) is 2.25. The summed E-state index contributed by atoms with van der Waals surface area (Å²) in [5, 5.41) is 3.27. The molecule has 0 bridgehead atoms. The smallest absolute Gasteiger partial charge is 0.323 e. The van der Waals surface area contributed by atoms with Crippen LogP contribution in [0.1, 0.15) is 47.0 Å². The van der Waals surface area contributed by atoms with Crippen LogP contribution in [-0.2, 0) is 9.53 Å². The van der Waals surface area contributed by atoms with Crippen molar-refractivity contribution in [2.75, 3.05) is 6.54 Å². The van der Waals surface area contributed by atoms with Gasteiger partial charge in [-0.3, -0.25) is 4.79 Å². The number of hydrogen-bond donors (Lipinski definition) is 1. The highest BCUT2D eigenvalue weighted by atomic mass is 16.6. The third-order valence-corrected chi connectivity index (χ3v) is 2.85. The van der Waals surface area contributed by atoms with Gasteiger partial charge in [-0.25, -0.2) is 0 Å². The second-order valence-corrected chi connectivity index (χ2v) is 5.81. The molecule has 3 nitrogen and oxygen atoms in total. The lowest BCUT2D eigenvalue weighted by molar-refractivity contribution is -0.157. The summed E-state index contributed by atoms with van der Waals surface area (Å²) in [5.74, 6) is 0.494. The molecule has 0 aliphatic heterocycles. The number of rotatable bonds is 4. The molecule has 3 heteroatoms. The van der Waals surface area contributed by atoms with E-state index >= 15 is 0 Å². The molecule has 0 aromatic heterocycles. The Bertz CT molecular complexity index is 278. The average molecular weight is 239 g/mol. The second-order valence-electron chi connectivity index (χ2n) is 5.81. The molecule has 0 spiro atoms. The molecule has 0 radical (unpaired) electrons. The highest BCUT2D eigenvalue weighted by Gasteiger charge is 2.22. The van der Waals surface area contributed by atoms with Crippen molar-refractivity contribution in [1.82, 2.24) is 5.32 Å². The summed E-state index contributed by atoms with van der Waals surface area (Å²) >= 11 is 0. The molecular formula is C14H25NO2. The molecule has 1 aliphatic rings. The van der Waals surface area contributed by atoms with Gasteiger partial charge < -0.3 is 10.1 Å². The van der Waals surface area contributed by atoms with Gasteiger partial charge in [-0.15, -0.1) is 0 Å². The zero-order chi connectivity index (χ0) is 12.9.